The van der Waals surface area contributed by atoms with Crippen LogP contribution in [0.5, 0.6) is 0 Å². The summed E-state index contributed by atoms with van der Waals surface area (Å²) in [4.78, 5) is 14.9. The lowest BCUT2D eigenvalue weighted by Gasteiger charge is -2.09. The van der Waals surface area contributed by atoms with Crippen molar-refractivity contribution in [3.63, 3.8) is 0 Å². The van der Waals surface area contributed by atoms with E-state index < -0.39 is 0 Å². The topological polar surface area (TPSA) is 51.8 Å². The van der Waals surface area contributed by atoms with Crippen molar-refractivity contribution in [3.05, 3.63) is 152 Å². The van der Waals surface area contributed by atoms with Crippen LogP contribution in [0.3, 0.4) is 0 Å². The molecule has 4 heteroatoms. The van der Waals surface area contributed by atoms with E-state index in [4.69, 9.17) is 19.4 Å². The molecule has 9 aromatic rings. The molecule has 0 saturated carbocycles. The molecule has 0 fully saturated rings. The molecule has 0 N–H and O–H groups in total. The molecule has 0 amide bonds. The number of benzene rings is 7. The summed E-state index contributed by atoms with van der Waals surface area (Å²) in [7, 11) is 0. The van der Waals surface area contributed by atoms with Gasteiger partial charge in [0.25, 0.3) is 0 Å². The van der Waals surface area contributed by atoms with Gasteiger partial charge in [0.15, 0.2) is 17.5 Å². The first-order valence-corrected chi connectivity index (χ1v) is 15.8. The van der Waals surface area contributed by atoms with E-state index in [9.17, 15) is 0 Å². The van der Waals surface area contributed by atoms with Crippen molar-refractivity contribution in [3.8, 4) is 67.5 Å². The molecule has 1 aliphatic carbocycles. The van der Waals surface area contributed by atoms with Crippen molar-refractivity contribution in [1.29, 1.82) is 0 Å². The predicted octanol–water partition coefficient (Wildman–Crippen LogP) is 11.2. The number of nitrogens with zero attached hydrogens (tertiary/aromatic N) is 3. The Bertz CT molecular complexity index is 2620. The van der Waals surface area contributed by atoms with E-state index in [1.807, 2.05) is 72.8 Å². The molecule has 4 nitrogen and oxygen atoms in total. The molecule has 0 atom stereocenters. The summed E-state index contributed by atoms with van der Waals surface area (Å²) in [5.74, 6) is 1.88. The Labute approximate surface area is 270 Å². The third-order valence-electron chi connectivity index (χ3n) is 9.25. The molecule has 0 spiro atoms. The summed E-state index contributed by atoms with van der Waals surface area (Å²) < 4.78 is 6.55. The quantitative estimate of drug-likeness (QED) is 0.202. The van der Waals surface area contributed by atoms with Crippen LogP contribution in [0.1, 0.15) is 0 Å². The van der Waals surface area contributed by atoms with Crippen molar-refractivity contribution >= 4 is 32.7 Å². The highest BCUT2D eigenvalue weighted by Gasteiger charge is 2.22. The first-order valence-electron chi connectivity index (χ1n) is 15.8. The van der Waals surface area contributed by atoms with Gasteiger partial charge in [-0.3, -0.25) is 0 Å². The molecule has 1 aliphatic rings. The minimum Gasteiger partial charge on any atom is -0.456 e. The van der Waals surface area contributed by atoms with Crippen molar-refractivity contribution in [1.82, 2.24) is 15.0 Å². The second-order valence-electron chi connectivity index (χ2n) is 12.0. The van der Waals surface area contributed by atoms with Gasteiger partial charge in [-0.2, -0.15) is 0 Å². The van der Waals surface area contributed by atoms with Crippen LogP contribution in [0.25, 0.3) is 100 Å². The van der Waals surface area contributed by atoms with Gasteiger partial charge in [-0.15, -0.1) is 0 Å². The summed E-state index contributed by atoms with van der Waals surface area (Å²) in [6, 6.07) is 52.7. The van der Waals surface area contributed by atoms with Crippen molar-refractivity contribution in [2.75, 3.05) is 0 Å². The van der Waals surface area contributed by atoms with E-state index in [2.05, 4.69) is 78.9 Å². The number of fused-ring (bicyclic) bond motifs is 6. The SMILES string of the molecule is c1ccc(-c2nc(-c3ccccc3)nc(-c3cccc4oc5cc(-c6cc7c8c(cccc8c6)-c6ccccc6-7)ccc5c34)n2)cc1. The summed E-state index contributed by atoms with van der Waals surface area (Å²) in [6.45, 7) is 0. The predicted molar refractivity (Wildman–Crippen MR) is 191 cm³/mol. The van der Waals surface area contributed by atoms with Crippen molar-refractivity contribution in [2.24, 2.45) is 0 Å². The number of aromatic nitrogens is 3. The van der Waals surface area contributed by atoms with Crippen LogP contribution >= 0.6 is 0 Å². The molecular weight excluding hydrogens is 574 g/mol. The van der Waals surface area contributed by atoms with E-state index in [1.54, 1.807) is 0 Å². The summed E-state index contributed by atoms with van der Waals surface area (Å²) in [5, 5.41) is 4.60. The van der Waals surface area contributed by atoms with E-state index in [1.165, 1.54) is 38.6 Å². The molecule has 2 heterocycles. The van der Waals surface area contributed by atoms with Crippen LogP contribution in [0.2, 0.25) is 0 Å². The average molecular weight is 600 g/mol. The molecule has 7 aromatic carbocycles. The maximum Gasteiger partial charge on any atom is 0.164 e. The van der Waals surface area contributed by atoms with Gasteiger partial charge in [0.2, 0.25) is 0 Å². The molecule has 0 saturated heterocycles. The largest absolute Gasteiger partial charge is 0.456 e. The maximum atomic E-state index is 6.55. The third kappa shape index (κ3) is 4.05. The Hall–Kier alpha value is -6.39. The molecule has 10 rings (SSSR count). The van der Waals surface area contributed by atoms with Crippen LogP contribution < -0.4 is 0 Å². The summed E-state index contributed by atoms with van der Waals surface area (Å²) in [6.07, 6.45) is 0. The Morgan fingerprint density at radius 1 is 0.340 bits per heavy atom. The first-order chi connectivity index (χ1) is 23.3. The average Bonchev–Trinajstić information content (AvgIpc) is 3.68. The maximum absolute atomic E-state index is 6.55. The fourth-order valence-electron chi connectivity index (χ4n) is 7.11. The lowest BCUT2D eigenvalue weighted by atomic mass is 9.95. The first kappa shape index (κ1) is 25.9. The van der Waals surface area contributed by atoms with Gasteiger partial charge >= 0.3 is 0 Å². The second kappa shape index (κ2) is 10.1. The lowest BCUT2D eigenvalue weighted by molar-refractivity contribution is 0.669. The van der Waals surface area contributed by atoms with Crippen molar-refractivity contribution < 1.29 is 4.42 Å². The second-order valence-corrected chi connectivity index (χ2v) is 12.0. The van der Waals surface area contributed by atoms with E-state index in [0.29, 0.717) is 17.5 Å². The van der Waals surface area contributed by atoms with E-state index >= 15 is 0 Å². The Morgan fingerprint density at radius 3 is 1.70 bits per heavy atom. The highest BCUT2D eigenvalue weighted by Crippen LogP contribution is 2.49. The standard InChI is InChI=1S/C43H25N3O/c1-3-11-26(12-4-1)41-44-42(27-13-5-2-6-14-27)46-43(45-41)35-19-10-20-37-40(35)34-22-21-28(25-38(34)47-37)30-23-29-15-9-18-33-31-16-7-8-17-32(31)36(24-30)39(29)33/h1-25H. The van der Waals surface area contributed by atoms with E-state index in [0.717, 1.165) is 44.2 Å². The van der Waals surface area contributed by atoms with Gasteiger partial charge in [0.05, 0.1) is 0 Å². The zero-order valence-electron chi connectivity index (χ0n) is 25.2. The van der Waals surface area contributed by atoms with E-state index in [-0.39, 0.29) is 0 Å². The normalized spacial score (nSPS) is 11.8. The van der Waals surface area contributed by atoms with Crippen LogP contribution in [0, 0.1) is 0 Å². The molecule has 218 valence electrons. The van der Waals surface area contributed by atoms with Gasteiger partial charge < -0.3 is 4.42 Å². The third-order valence-corrected chi connectivity index (χ3v) is 9.25. The van der Waals surface area contributed by atoms with Gasteiger partial charge in [-0.1, -0.05) is 121 Å². The minimum atomic E-state index is 0.613. The highest BCUT2D eigenvalue weighted by molar-refractivity contribution is 6.17. The molecule has 0 unspecified atom stereocenters. The molecule has 0 aliphatic heterocycles. The van der Waals surface area contributed by atoms with Crippen LogP contribution in [-0.4, -0.2) is 15.0 Å². The zero-order valence-corrected chi connectivity index (χ0v) is 25.2. The Kier molecular flexibility index (Phi) is 5.54. The van der Waals surface area contributed by atoms with Crippen LogP contribution in [0.4, 0.5) is 0 Å². The van der Waals surface area contributed by atoms with Crippen molar-refractivity contribution in [2.45, 2.75) is 0 Å². The number of hydrogen-bond acceptors (Lipinski definition) is 4. The molecular formula is C43H25N3O. The number of furan rings is 1. The molecule has 2 aromatic heterocycles. The van der Waals surface area contributed by atoms with Gasteiger partial charge in [-0.25, -0.2) is 15.0 Å². The fraction of sp³-hybridized carbons (Fsp3) is 0. The molecule has 0 radical (unpaired) electrons. The highest BCUT2D eigenvalue weighted by atomic mass is 16.3. The van der Waals surface area contributed by atoms with Gasteiger partial charge in [-0.05, 0) is 74.5 Å². The monoisotopic (exact) mass is 599 g/mol. The zero-order chi connectivity index (χ0) is 30.9. The van der Waals surface area contributed by atoms with Gasteiger partial charge in [0, 0.05) is 27.5 Å². The Balaban J connectivity index is 1.15. The minimum absolute atomic E-state index is 0.613. The lowest BCUT2D eigenvalue weighted by Crippen LogP contribution is -2.00. The number of rotatable bonds is 4. The van der Waals surface area contributed by atoms with Crippen LogP contribution in [-0.2, 0) is 0 Å². The molecule has 0 bridgehead atoms. The Morgan fingerprint density at radius 2 is 0.957 bits per heavy atom. The van der Waals surface area contributed by atoms with Crippen LogP contribution in [0.15, 0.2) is 156 Å². The smallest absolute Gasteiger partial charge is 0.164 e. The molecule has 47 heavy (non-hydrogen) atoms. The number of hydrogen-bond donors (Lipinski definition) is 0. The fourth-order valence-corrected chi connectivity index (χ4v) is 7.11. The summed E-state index contributed by atoms with van der Waals surface area (Å²) >= 11 is 0. The van der Waals surface area contributed by atoms with Gasteiger partial charge in [0.1, 0.15) is 11.2 Å². The summed E-state index contributed by atoms with van der Waals surface area (Å²) in [5.41, 5.74) is 11.9.